The SMILES string of the molecule is CCc1ccc2nc(N(CCCn3ccnc3)C(=O)c3cccc([N+](=O)[O-])c3C)sc2c1. The molecular weight excluding hydrogens is 426 g/mol. The topological polar surface area (TPSA) is 94.2 Å². The lowest BCUT2D eigenvalue weighted by molar-refractivity contribution is -0.385. The minimum absolute atomic E-state index is 0.0638. The van der Waals surface area contributed by atoms with E-state index in [0.717, 1.165) is 16.6 Å². The summed E-state index contributed by atoms with van der Waals surface area (Å²) in [7, 11) is 0. The second kappa shape index (κ2) is 9.27. The number of nitrogens with zero attached hydrogens (tertiary/aromatic N) is 5. The van der Waals surface area contributed by atoms with Crippen LogP contribution in [0.1, 0.15) is 34.8 Å². The van der Waals surface area contributed by atoms with Gasteiger partial charge in [-0.25, -0.2) is 9.97 Å². The van der Waals surface area contributed by atoms with Crippen LogP contribution >= 0.6 is 11.3 Å². The van der Waals surface area contributed by atoms with E-state index in [9.17, 15) is 14.9 Å². The van der Waals surface area contributed by atoms with Gasteiger partial charge in [0.05, 0.1) is 21.5 Å². The molecule has 2 heterocycles. The molecule has 164 valence electrons. The Kier molecular flexibility index (Phi) is 6.27. The number of hydrogen-bond acceptors (Lipinski definition) is 6. The van der Waals surface area contributed by atoms with Gasteiger partial charge in [-0.2, -0.15) is 0 Å². The van der Waals surface area contributed by atoms with Crippen LogP contribution in [0.25, 0.3) is 10.2 Å². The summed E-state index contributed by atoms with van der Waals surface area (Å²) < 4.78 is 2.97. The van der Waals surface area contributed by atoms with E-state index in [1.54, 1.807) is 36.5 Å². The fraction of sp³-hybridized carbons (Fsp3) is 0.261. The van der Waals surface area contributed by atoms with Crippen LogP contribution in [-0.2, 0) is 13.0 Å². The van der Waals surface area contributed by atoms with Crippen molar-refractivity contribution in [2.75, 3.05) is 11.4 Å². The number of nitro benzene ring substituents is 1. The Balaban J connectivity index is 1.69. The van der Waals surface area contributed by atoms with Gasteiger partial charge in [0.15, 0.2) is 5.13 Å². The standard InChI is InChI=1S/C23H23N5O3S/c1-3-17-8-9-19-21(14-17)32-23(25-19)27(12-5-11-26-13-10-24-15-26)22(29)18-6-4-7-20(16(18)2)28(30)31/h4,6-10,13-15H,3,5,11-12H2,1-2H3. The van der Waals surface area contributed by atoms with Crippen LogP contribution in [0.3, 0.4) is 0 Å². The minimum Gasteiger partial charge on any atom is -0.337 e. The van der Waals surface area contributed by atoms with Gasteiger partial charge in [0, 0.05) is 42.7 Å². The maximum absolute atomic E-state index is 13.6. The number of carbonyl (C=O) groups is 1. The molecule has 0 aliphatic heterocycles. The van der Waals surface area contributed by atoms with Crippen molar-refractivity contribution >= 4 is 38.3 Å². The van der Waals surface area contributed by atoms with Crippen LogP contribution in [0.2, 0.25) is 0 Å². The first-order chi connectivity index (χ1) is 15.5. The Bertz CT molecular complexity index is 1270. The van der Waals surface area contributed by atoms with Gasteiger partial charge in [0.25, 0.3) is 11.6 Å². The monoisotopic (exact) mass is 449 g/mol. The van der Waals surface area contributed by atoms with Gasteiger partial charge < -0.3 is 4.57 Å². The molecule has 0 saturated carbocycles. The van der Waals surface area contributed by atoms with E-state index >= 15 is 0 Å². The lowest BCUT2D eigenvalue weighted by Crippen LogP contribution is -2.33. The normalized spacial score (nSPS) is 11.1. The first-order valence-electron chi connectivity index (χ1n) is 10.4. The quantitative estimate of drug-likeness (QED) is 0.278. The van der Waals surface area contributed by atoms with Gasteiger partial charge in [-0.15, -0.1) is 0 Å². The summed E-state index contributed by atoms with van der Waals surface area (Å²) >= 11 is 1.46. The zero-order chi connectivity index (χ0) is 22.7. The molecule has 4 aromatic rings. The number of imidazole rings is 1. The molecule has 0 saturated heterocycles. The molecular formula is C23H23N5O3S. The van der Waals surface area contributed by atoms with Crippen LogP contribution in [0.4, 0.5) is 10.8 Å². The first-order valence-corrected chi connectivity index (χ1v) is 11.2. The Labute approximate surface area is 189 Å². The second-order valence-corrected chi connectivity index (χ2v) is 8.48. The van der Waals surface area contributed by atoms with Gasteiger partial charge in [-0.3, -0.25) is 19.8 Å². The highest BCUT2D eigenvalue weighted by molar-refractivity contribution is 7.22. The molecule has 0 atom stereocenters. The van der Waals surface area contributed by atoms with Crippen LogP contribution in [0.15, 0.2) is 55.1 Å². The Morgan fingerprint density at radius 3 is 2.84 bits per heavy atom. The number of amides is 1. The number of nitro groups is 1. The van der Waals surface area contributed by atoms with Crippen molar-refractivity contribution in [2.24, 2.45) is 0 Å². The fourth-order valence-electron chi connectivity index (χ4n) is 3.61. The molecule has 0 bridgehead atoms. The number of benzene rings is 2. The average Bonchev–Trinajstić information content (AvgIpc) is 3.45. The molecule has 0 aliphatic rings. The largest absolute Gasteiger partial charge is 0.337 e. The molecule has 32 heavy (non-hydrogen) atoms. The highest BCUT2D eigenvalue weighted by Crippen LogP contribution is 2.32. The van der Waals surface area contributed by atoms with E-state index in [2.05, 4.69) is 18.0 Å². The van der Waals surface area contributed by atoms with Crippen molar-refractivity contribution in [3.63, 3.8) is 0 Å². The summed E-state index contributed by atoms with van der Waals surface area (Å²) in [5.41, 5.74) is 2.66. The molecule has 0 fully saturated rings. The van der Waals surface area contributed by atoms with Gasteiger partial charge in [-0.1, -0.05) is 30.4 Å². The molecule has 0 unspecified atom stereocenters. The molecule has 0 spiro atoms. The smallest absolute Gasteiger partial charge is 0.273 e. The number of aryl methyl sites for hydroxylation is 2. The van der Waals surface area contributed by atoms with E-state index in [1.807, 2.05) is 22.9 Å². The van der Waals surface area contributed by atoms with Crippen molar-refractivity contribution in [1.82, 2.24) is 14.5 Å². The third-order valence-corrected chi connectivity index (χ3v) is 6.46. The Morgan fingerprint density at radius 1 is 1.28 bits per heavy atom. The zero-order valence-corrected chi connectivity index (χ0v) is 18.7. The van der Waals surface area contributed by atoms with Gasteiger partial charge in [0.1, 0.15) is 0 Å². The van der Waals surface area contributed by atoms with Crippen molar-refractivity contribution in [1.29, 1.82) is 0 Å². The van der Waals surface area contributed by atoms with Crippen molar-refractivity contribution in [3.05, 3.63) is 81.9 Å². The summed E-state index contributed by atoms with van der Waals surface area (Å²) in [6.45, 7) is 4.84. The Morgan fingerprint density at radius 2 is 2.12 bits per heavy atom. The van der Waals surface area contributed by atoms with Crippen LogP contribution in [-0.4, -0.2) is 31.9 Å². The van der Waals surface area contributed by atoms with E-state index in [0.29, 0.717) is 35.8 Å². The van der Waals surface area contributed by atoms with Crippen molar-refractivity contribution in [3.8, 4) is 0 Å². The number of carbonyl (C=O) groups excluding carboxylic acids is 1. The predicted octanol–water partition coefficient (Wildman–Crippen LogP) is 5.01. The van der Waals surface area contributed by atoms with Gasteiger partial charge in [-0.05, 0) is 43.5 Å². The zero-order valence-electron chi connectivity index (χ0n) is 17.9. The number of fused-ring (bicyclic) bond motifs is 1. The van der Waals surface area contributed by atoms with Crippen LogP contribution < -0.4 is 4.90 Å². The maximum Gasteiger partial charge on any atom is 0.273 e. The number of aromatic nitrogens is 3. The summed E-state index contributed by atoms with van der Waals surface area (Å²) in [4.78, 5) is 34.9. The highest BCUT2D eigenvalue weighted by Gasteiger charge is 2.25. The summed E-state index contributed by atoms with van der Waals surface area (Å²) in [5.74, 6) is -0.286. The molecule has 4 rings (SSSR count). The molecule has 2 aromatic heterocycles. The van der Waals surface area contributed by atoms with Crippen LogP contribution in [0.5, 0.6) is 0 Å². The third kappa shape index (κ3) is 4.38. The molecule has 0 radical (unpaired) electrons. The minimum atomic E-state index is -0.459. The molecule has 9 heteroatoms. The number of thiazole rings is 1. The lowest BCUT2D eigenvalue weighted by atomic mass is 10.1. The van der Waals surface area contributed by atoms with Gasteiger partial charge >= 0.3 is 0 Å². The van der Waals surface area contributed by atoms with Crippen LogP contribution in [0, 0.1) is 17.0 Å². The van der Waals surface area contributed by atoms with E-state index in [1.165, 1.54) is 23.0 Å². The molecule has 8 nitrogen and oxygen atoms in total. The molecule has 0 N–H and O–H groups in total. The molecule has 0 aliphatic carbocycles. The lowest BCUT2D eigenvalue weighted by Gasteiger charge is -2.21. The average molecular weight is 450 g/mol. The summed E-state index contributed by atoms with van der Waals surface area (Å²) in [6, 6.07) is 10.7. The van der Waals surface area contributed by atoms with E-state index in [-0.39, 0.29) is 11.6 Å². The van der Waals surface area contributed by atoms with Gasteiger partial charge in [0.2, 0.25) is 0 Å². The number of rotatable bonds is 8. The fourth-order valence-corrected chi connectivity index (χ4v) is 4.66. The maximum atomic E-state index is 13.6. The first kappa shape index (κ1) is 21.6. The van der Waals surface area contributed by atoms with Crippen molar-refractivity contribution in [2.45, 2.75) is 33.2 Å². The summed E-state index contributed by atoms with van der Waals surface area (Å²) in [6.07, 6.45) is 6.94. The summed E-state index contributed by atoms with van der Waals surface area (Å²) in [5, 5.41) is 12.0. The predicted molar refractivity (Wildman–Crippen MR) is 125 cm³/mol. The highest BCUT2D eigenvalue weighted by atomic mass is 32.1. The number of hydrogen-bond donors (Lipinski definition) is 0. The Hall–Kier alpha value is -3.59. The molecule has 1 amide bonds. The van der Waals surface area contributed by atoms with E-state index < -0.39 is 4.92 Å². The number of anilines is 1. The van der Waals surface area contributed by atoms with Crippen molar-refractivity contribution < 1.29 is 9.72 Å². The van der Waals surface area contributed by atoms with E-state index in [4.69, 9.17) is 4.98 Å². The third-order valence-electron chi connectivity index (χ3n) is 5.42. The second-order valence-electron chi connectivity index (χ2n) is 7.47. The molecule has 2 aromatic carbocycles.